The minimum Gasteiger partial charge on any atom is -0.355 e. The maximum Gasteiger partial charge on any atom is 0.250 e. The minimum atomic E-state index is -0.121. The van der Waals surface area contributed by atoms with E-state index in [1.54, 1.807) is 12.1 Å². The second-order valence-corrected chi connectivity index (χ2v) is 3.99. The van der Waals surface area contributed by atoms with Crippen LogP contribution in [-0.4, -0.2) is 4.98 Å². The lowest BCUT2D eigenvalue weighted by Gasteiger charge is -2.06. The highest BCUT2D eigenvalue weighted by molar-refractivity contribution is 6.30. The Kier molecular flexibility index (Phi) is 2.97. The van der Waals surface area contributed by atoms with Crippen LogP contribution in [0.1, 0.15) is 5.69 Å². The van der Waals surface area contributed by atoms with Gasteiger partial charge in [-0.2, -0.15) is 0 Å². The number of benzene rings is 1. The van der Waals surface area contributed by atoms with Crippen molar-refractivity contribution in [1.82, 2.24) is 4.98 Å². The number of aryl methyl sites for hydroxylation is 1. The smallest absolute Gasteiger partial charge is 0.250 e. The maximum atomic E-state index is 11.2. The SMILES string of the molecule is Cc1cc(Nc2cccc(Cl)c2)cc(=O)[nH]1. The van der Waals surface area contributed by atoms with Gasteiger partial charge in [0.2, 0.25) is 5.56 Å². The third-order valence-electron chi connectivity index (χ3n) is 2.09. The van der Waals surface area contributed by atoms with Gasteiger partial charge < -0.3 is 10.3 Å². The minimum absolute atomic E-state index is 0.121. The highest BCUT2D eigenvalue weighted by atomic mass is 35.5. The molecule has 2 rings (SSSR count). The van der Waals surface area contributed by atoms with E-state index < -0.39 is 0 Å². The molecule has 16 heavy (non-hydrogen) atoms. The molecule has 0 saturated carbocycles. The molecule has 0 spiro atoms. The van der Waals surface area contributed by atoms with Crippen molar-refractivity contribution in [3.63, 3.8) is 0 Å². The third kappa shape index (κ3) is 2.64. The fourth-order valence-corrected chi connectivity index (χ4v) is 1.68. The summed E-state index contributed by atoms with van der Waals surface area (Å²) >= 11 is 5.87. The first kappa shape index (κ1) is 10.8. The Morgan fingerprint density at radius 1 is 1.19 bits per heavy atom. The molecule has 0 atom stereocenters. The van der Waals surface area contributed by atoms with Crippen LogP contribution < -0.4 is 10.9 Å². The van der Waals surface area contributed by atoms with Crippen LogP contribution in [0.4, 0.5) is 11.4 Å². The van der Waals surface area contributed by atoms with E-state index in [9.17, 15) is 4.79 Å². The molecule has 2 N–H and O–H groups in total. The fraction of sp³-hybridized carbons (Fsp3) is 0.0833. The highest BCUT2D eigenvalue weighted by Gasteiger charge is 1.97. The number of anilines is 2. The van der Waals surface area contributed by atoms with Crippen molar-refractivity contribution in [2.24, 2.45) is 0 Å². The van der Waals surface area contributed by atoms with E-state index >= 15 is 0 Å². The summed E-state index contributed by atoms with van der Waals surface area (Å²) in [6.45, 7) is 1.84. The first-order valence-electron chi connectivity index (χ1n) is 4.87. The van der Waals surface area contributed by atoms with Crippen LogP contribution >= 0.6 is 11.6 Å². The second-order valence-electron chi connectivity index (χ2n) is 3.55. The van der Waals surface area contributed by atoms with Crippen molar-refractivity contribution in [1.29, 1.82) is 0 Å². The molecule has 0 unspecified atom stereocenters. The van der Waals surface area contributed by atoms with Gasteiger partial charge in [0.25, 0.3) is 0 Å². The number of nitrogens with one attached hydrogen (secondary N) is 2. The van der Waals surface area contributed by atoms with Gasteiger partial charge in [-0.3, -0.25) is 4.79 Å². The summed E-state index contributed by atoms with van der Waals surface area (Å²) in [5.74, 6) is 0. The molecule has 1 aromatic carbocycles. The Morgan fingerprint density at radius 2 is 2.00 bits per heavy atom. The van der Waals surface area contributed by atoms with Crippen molar-refractivity contribution >= 4 is 23.0 Å². The second kappa shape index (κ2) is 4.41. The standard InChI is InChI=1S/C12H11ClN2O/c1-8-5-11(7-12(16)14-8)15-10-4-2-3-9(13)6-10/h2-7H,1H3,(H2,14,15,16). The van der Waals surface area contributed by atoms with Gasteiger partial charge >= 0.3 is 0 Å². The summed E-state index contributed by atoms with van der Waals surface area (Å²) in [5.41, 5.74) is 2.31. The normalized spacial score (nSPS) is 10.1. The Bertz CT molecular complexity index is 563. The first-order chi connectivity index (χ1) is 7.63. The van der Waals surface area contributed by atoms with E-state index in [1.807, 2.05) is 25.1 Å². The molecule has 82 valence electrons. The number of aromatic amines is 1. The van der Waals surface area contributed by atoms with E-state index in [2.05, 4.69) is 10.3 Å². The molecule has 0 bridgehead atoms. The van der Waals surface area contributed by atoms with Gasteiger partial charge in [0.05, 0.1) is 0 Å². The van der Waals surface area contributed by atoms with Gasteiger partial charge in [-0.1, -0.05) is 17.7 Å². The average Bonchev–Trinajstić information content (AvgIpc) is 2.15. The summed E-state index contributed by atoms with van der Waals surface area (Å²) in [6.07, 6.45) is 0. The molecular formula is C12H11ClN2O. The molecule has 0 amide bonds. The lowest BCUT2D eigenvalue weighted by molar-refractivity contribution is 1.14. The molecule has 0 saturated heterocycles. The predicted molar refractivity (Wildman–Crippen MR) is 66.5 cm³/mol. The molecule has 0 radical (unpaired) electrons. The van der Waals surface area contributed by atoms with Crippen LogP contribution in [0.2, 0.25) is 5.02 Å². The summed E-state index contributed by atoms with van der Waals surface area (Å²) in [7, 11) is 0. The lowest BCUT2D eigenvalue weighted by Crippen LogP contribution is -2.06. The molecule has 1 heterocycles. The van der Waals surface area contributed by atoms with Gasteiger partial charge in [0.15, 0.2) is 0 Å². The number of halogens is 1. The molecular weight excluding hydrogens is 224 g/mol. The predicted octanol–water partition coefficient (Wildman–Crippen LogP) is 3.08. The average molecular weight is 235 g/mol. The van der Waals surface area contributed by atoms with Crippen LogP contribution in [-0.2, 0) is 0 Å². The van der Waals surface area contributed by atoms with E-state index in [4.69, 9.17) is 11.6 Å². The summed E-state index contributed by atoms with van der Waals surface area (Å²) in [4.78, 5) is 13.9. The van der Waals surface area contributed by atoms with Crippen molar-refractivity contribution < 1.29 is 0 Å². The molecule has 0 aliphatic rings. The highest BCUT2D eigenvalue weighted by Crippen LogP contribution is 2.19. The van der Waals surface area contributed by atoms with Crippen LogP contribution in [0.3, 0.4) is 0 Å². The van der Waals surface area contributed by atoms with E-state index in [-0.39, 0.29) is 5.56 Å². The fourth-order valence-electron chi connectivity index (χ4n) is 1.49. The number of pyridine rings is 1. The van der Waals surface area contributed by atoms with Crippen LogP contribution in [0.25, 0.3) is 0 Å². The van der Waals surface area contributed by atoms with Gasteiger partial charge in [-0.25, -0.2) is 0 Å². The molecule has 4 heteroatoms. The van der Waals surface area contributed by atoms with Crippen LogP contribution in [0, 0.1) is 6.92 Å². The molecule has 0 aliphatic heterocycles. The van der Waals surface area contributed by atoms with Crippen molar-refractivity contribution in [2.75, 3.05) is 5.32 Å². The van der Waals surface area contributed by atoms with Crippen LogP contribution in [0.5, 0.6) is 0 Å². The molecule has 1 aromatic heterocycles. The number of aromatic nitrogens is 1. The topological polar surface area (TPSA) is 44.9 Å². The lowest BCUT2D eigenvalue weighted by atomic mass is 10.3. The monoisotopic (exact) mass is 234 g/mol. The maximum absolute atomic E-state index is 11.2. The molecule has 0 aliphatic carbocycles. The van der Waals surface area contributed by atoms with Gasteiger partial charge in [0, 0.05) is 28.2 Å². The Hall–Kier alpha value is -1.74. The zero-order valence-corrected chi connectivity index (χ0v) is 9.51. The Balaban J connectivity index is 2.30. The van der Waals surface area contributed by atoms with Crippen molar-refractivity contribution in [3.05, 3.63) is 57.5 Å². The largest absolute Gasteiger partial charge is 0.355 e. The number of H-pyrrole nitrogens is 1. The number of hydrogen-bond donors (Lipinski definition) is 2. The molecule has 2 aromatic rings. The quantitative estimate of drug-likeness (QED) is 0.839. The zero-order valence-electron chi connectivity index (χ0n) is 8.75. The van der Waals surface area contributed by atoms with Crippen molar-refractivity contribution in [3.8, 4) is 0 Å². The Labute approximate surface area is 98.1 Å². The molecule has 3 nitrogen and oxygen atoms in total. The van der Waals surface area contributed by atoms with Crippen LogP contribution in [0.15, 0.2) is 41.2 Å². The van der Waals surface area contributed by atoms with E-state index in [0.29, 0.717) is 5.02 Å². The van der Waals surface area contributed by atoms with E-state index in [1.165, 1.54) is 6.07 Å². The molecule has 0 fully saturated rings. The van der Waals surface area contributed by atoms with Gasteiger partial charge in [0.1, 0.15) is 0 Å². The Morgan fingerprint density at radius 3 is 2.69 bits per heavy atom. The summed E-state index contributed by atoms with van der Waals surface area (Å²) in [5, 5.41) is 3.78. The third-order valence-corrected chi connectivity index (χ3v) is 2.33. The number of rotatable bonds is 2. The summed E-state index contributed by atoms with van der Waals surface area (Å²) in [6, 6.07) is 10.7. The van der Waals surface area contributed by atoms with Crippen molar-refractivity contribution in [2.45, 2.75) is 6.92 Å². The van der Waals surface area contributed by atoms with Gasteiger partial charge in [-0.15, -0.1) is 0 Å². The van der Waals surface area contributed by atoms with Gasteiger partial charge in [-0.05, 0) is 31.2 Å². The number of hydrogen-bond acceptors (Lipinski definition) is 2. The summed E-state index contributed by atoms with van der Waals surface area (Å²) < 4.78 is 0. The van der Waals surface area contributed by atoms with E-state index in [0.717, 1.165) is 17.1 Å². The zero-order chi connectivity index (χ0) is 11.5. The first-order valence-corrected chi connectivity index (χ1v) is 5.25.